The molecule has 2 amide bonds. The fraction of sp³-hybridized carbons (Fsp3) is 0.391. The van der Waals surface area contributed by atoms with E-state index in [1.165, 1.54) is 0 Å². The quantitative estimate of drug-likeness (QED) is 0.753. The lowest BCUT2D eigenvalue weighted by molar-refractivity contribution is -0.121. The van der Waals surface area contributed by atoms with Crippen LogP contribution in [0.15, 0.2) is 54.6 Å². The van der Waals surface area contributed by atoms with Crippen LogP contribution in [0.25, 0.3) is 0 Å². The number of hydrogen-bond donors (Lipinski definition) is 2. The number of rotatable bonds is 6. The number of nitrogens with one attached hydrogen (secondary N) is 2. The Hall–Kier alpha value is -2.82. The van der Waals surface area contributed by atoms with Crippen molar-refractivity contribution in [2.45, 2.75) is 51.7 Å². The molecule has 0 bridgehead atoms. The van der Waals surface area contributed by atoms with Crippen molar-refractivity contribution in [3.63, 3.8) is 0 Å². The van der Waals surface area contributed by atoms with Crippen LogP contribution in [0.1, 0.15) is 50.8 Å². The van der Waals surface area contributed by atoms with Gasteiger partial charge < -0.3 is 10.1 Å². The Balaban J connectivity index is 1.55. The minimum absolute atomic E-state index is 0.00797. The summed E-state index contributed by atoms with van der Waals surface area (Å²) in [5.74, 6) is 0.542. The summed E-state index contributed by atoms with van der Waals surface area (Å²) in [5.41, 5.74) is 2.16. The van der Waals surface area contributed by atoms with Crippen molar-refractivity contribution in [2.75, 3.05) is 5.32 Å². The molecule has 0 spiro atoms. The minimum atomic E-state index is -0.543. The van der Waals surface area contributed by atoms with E-state index in [1.54, 1.807) is 12.1 Å². The van der Waals surface area contributed by atoms with E-state index in [2.05, 4.69) is 22.8 Å². The van der Waals surface area contributed by atoms with Gasteiger partial charge in [0.25, 0.3) is 0 Å². The average Bonchev–Trinajstić information content (AvgIpc) is 3.45. The van der Waals surface area contributed by atoms with Crippen LogP contribution in [0.3, 0.4) is 0 Å². The molecule has 0 aromatic heterocycles. The standard InChI is InChI=1S/C23H28N2O3/c1-23(2,3)28-22(27)24-19-13-9-16(10-14-19)15-20(26)25-21(18-11-12-18)17-7-5-4-6-8-17/h4-10,13-14,18,21H,11-12,15H2,1-3H3,(H,24,27)(H,25,26)/t21-/m0/s1. The highest BCUT2D eigenvalue weighted by atomic mass is 16.6. The van der Waals surface area contributed by atoms with Crippen LogP contribution in [0.4, 0.5) is 10.5 Å². The van der Waals surface area contributed by atoms with Gasteiger partial charge in [0.05, 0.1) is 12.5 Å². The largest absolute Gasteiger partial charge is 0.444 e. The Kier molecular flexibility index (Phi) is 6.02. The molecule has 0 radical (unpaired) electrons. The highest BCUT2D eigenvalue weighted by molar-refractivity contribution is 5.85. The monoisotopic (exact) mass is 380 g/mol. The molecule has 2 aromatic carbocycles. The van der Waals surface area contributed by atoms with Gasteiger partial charge in [-0.2, -0.15) is 0 Å². The van der Waals surface area contributed by atoms with E-state index in [9.17, 15) is 9.59 Å². The summed E-state index contributed by atoms with van der Waals surface area (Å²) in [4.78, 5) is 24.4. The number of carbonyl (C=O) groups is 2. The summed E-state index contributed by atoms with van der Waals surface area (Å²) >= 11 is 0. The van der Waals surface area contributed by atoms with Crippen molar-refractivity contribution in [1.29, 1.82) is 0 Å². The van der Waals surface area contributed by atoms with Crippen LogP contribution in [0.2, 0.25) is 0 Å². The highest BCUT2D eigenvalue weighted by Gasteiger charge is 2.33. The van der Waals surface area contributed by atoms with Gasteiger partial charge in [0.2, 0.25) is 5.91 Å². The van der Waals surface area contributed by atoms with Crippen LogP contribution in [-0.2, 0) is 16.0 Å². The van der Waals surface area contributed by atoms with Crippen LogP contribution < -0.4 is 10.6 Å². The second-order valence-corrected chi connectivity index (χ2v) is 8.29. The van der Waals surface area contributed by atoms with Gasteiger partial charge in [-0.25, -0.2) is 4.79 Å². The Labute approximate surface area is 166 Å². The minimum Gasteiger partial charge on any atom is -0.444 e. The molecule has 2 N–H and O–H groups in total. The van der Waals surface area contributed by atoms with E-state index in [-0.39, 0.29) is 11.9 Å². The van der Waals surface area contributed by atoms with Gasteiger partial charge in [-0.05, 0) is 62.8 Å². The van der Waals surface area contributed by atoms with Gasteiger partial charge in [0.15, 0.2) is 0 Å². The second-order valence-electron chi connectivity index (χ2n) is 8.29. The van der Waals surface area contributed by atoms with E-state index >= 15 is 0 Å². The average molecular weight is 380 g/mol. The Morgan fingerprint density at radius 3 is 2.25 bits per heavy atom. The summed E-state index contributed by atoms with van der Waals surface area (Å²) in [6.07, 6.45) is 2.13. The van der Waals surface area contributed by atoms with Crippen molar-refractivity contribution in [3.8, 4) is 0 Å². The zero-order valence-electron chi connectivity index (χ0n) is 16.7. The van der Waals surface area contributed by atoms with Crippen molar-refractivity contribution in [2.24, 2.45) is 5.92 Å². The molecule has 0 heterocycles. The summed E-state index contributed by atoms with van der Waals surface area (Å²) in [6.45, 7) is 5.45. The van der Waals surface area contributed by atoms with E-state index in [4.69, 9.17) is 4.74 Å². The summed E-state index contributed by atoms with van der Waals surface area (Å²) < 4.78 is 5.24. The van der Waals surface area contributed by atoms with Gasteiger partial charge >= 0.3 is 6.09 Å². The first kappa shape index (κ1) is 19.9. The number of ether oxygens (including phenoxy) is 1. The van der Waals surface area contributed by atoms with Crippen molar-refractivity contribution in [3.05, 3.63) is 65.7 Å². The third-order valence-corrected chi connectivity index (χ3v) is 4.53. The first-order valence-corrected chi connectivity index (χ1v) is 9.73. The molecular weight excluding hydrogens is 352 g/mol. The Morgan fingerprint density at radius 1 is 1.04 bits per heavy atom. The lowest BCUT2D eigenvalue weighted by atomic mass is 10.0. The molecule has 148 valence electrons. The van der Waals surface area contributed by atoms with Crippen LogP contribution in [0.5, 0.6) is 0 Å². The maximum absolute atomic E-state index is 12.5. The SMILES string of the molecule is CC(C)(C)OC(=O)Nc1ccc(CC(=O)N[C@@H](c2ccccc2)C2CC2)cc1. The molecule has 1 fully saturated rings. The third-order valence-electron chi connectivity index (χ3n) is 4.53. The first-order chi connectivity index (χ1) is 13.3. The molecule has 2 aromatic rings. The van der Waals surface area contributed by atoms with Crippen LogP contribution in [0, 0.1) is 5.92 Å². The molecule has 1 aliphatic carbocycles. The number of anilines is 1. The van der Waals surface area contributed by atoms with Gasteiger partial charge in [-0.15, -0.1) is 0 Å². The topological polar surface area (TPSA) is 67.4 Å². The molecule has 3 rings (SSSR count). The normalized spacial score (nSPS) is 14.8. The zero-order valence-corrected chi connectivity index (χ0v) is 16.7. The van der Waals surface area contributed by atoms with E-state index in [1.807, 2.05) is 51.1 Å². The summed E-state index contributed by atoms with van der Waals surface area (Å²) in [5, 5.41) is 5.88. The number of hydrogen-bond acceptors (Lipinski definition) is 3. The molecule has 1 saturated carbocycles. The molecule has 5 heteroatoms. The third kappa shape index (κ3) is 6.12. The first-order valence-electron chi connectivity index (χ1n) is 9.73. The van der Waals surface area contributed by atoms with E-state index < -0.39 is 11.7 Å². The Bertz CT molecular complexity index is 806. The van der Waals surface area contributed by atoms with Crippen molar-refractivity contribution in [1.82, 2.24) is 5.32 Å². The van der Waals surface area contributed by atoms with Gasteiger partial charge in [0.1, 0.15) is 5.60 Å². The molecule has 1 atom stereocenters. The van der Waals surface area contributed by atoms with Gasteiger partial charge in [-0.3, -0.25) is 10.1 Å². The van der Waals surface area contributed by atoms with Gasteiger partial charge in [-0.1, -0.05) is 42.5 Å². The summed E-state index contributed by atoms with van der Waals surface area (Å²) in [6, 6.07) is 17.5. The van der Waals surface area contributed by atoms with E-state index in [0.717, 1.165) is 24.0 Å². The van der Waals surface area contributed by atoms with Gasteiger partial charge in [0, 0.05) is 5.69 Å². The predicted octanol–water partition coefficient (Wildman–Crippen LogP) is 4.84. The molecule has 0 unspecified atom stereocenters. The number of benzene rings is 2. The fourth-order valence-corrected chi connectivity index (χ4v) is 3.10. The second kappa shape index (κ2) is 8.46. The van der Waals surface area contributed by atoms with E-state index in [0.29, 0.717) is 18.0 Å². The molecule has 5 nitrogen and oxygen atoms in total. The fourth-order valence-electron chi connectivity index (χ4n) is 3.10. The zero-order chi connectivity index (χ0) is 20.1. The highest BCUT2D eigenvalue weighted by Crippen LogP contribution is 2.40. The van der Waals surface area contributed by atoms with Crippen molar-refractivity contribution >= 4 is 17.7 Å². The predicted molar refractivity (Wildman–Crippen MR) is 110 cm³/mol. The molecule has 28 heavy (non-hydrogen) atoms. The summed E-state index contributed by atoms with van der Waals surface area (Å²) in [7, 11) is 0. The number of carbonyl (C=O) groups excluding carboxylic acids is 2. The molecule has 0 saturated heterocycles. The molecule has 1 aliphatic rings. The molecular formula is C23H28N2O3. The lowest BCUT2D eigenvalue weighted by Crippen LogP contribution is -2.31. The van der Waals surface area contributed by atoms with Crippen LogP contribution in [-0.4, -0.2) is 17.6 Å². The molecule has 0 aliphatic heterocycles. The Morgan fingerprint density at radius 2 is 1.68 bits per heavy atom. The smallest absolute Gasteiger partial charge is 0.412 e. The maximum atomic E-state index is 12.5. The van der Waals surface area contributed by atoms with Crippen molar-refractivity contribution < 1.29 is 14.3 Å². The van der Waals surface area contributed by atoms with Crippen LogP contribution >= 0.6 is 0 Å². The number of amides is 2. The maximum Gasteiger partial charge on any atom is 0.412 e. The lowest BCUT2D eigenvalue weighted by Gasteiger charge is -2.20.